The summed E-state index contributed by atoms with van der Waals surface area (Å²) in [6.07, 6.45) is 5.09. The minimum Gasteiger partial charge on any atom is -0.393 e. The van der Waals surface area contributed by atoms with Crippen molar-refractivity contribution in [1.82, 2.24) is 0 Å². The first-order chi connectivity index (χ1) is 12.0. The molecule has 3 heteroatoms. The Labute approximate surface area is 159 Å². The molecule has 2 bridgehead atoms. The van der Waals surface area contributed by atoms with Crippen molar-refractivity contribution in [3.8, 4) is 0 Å². The number of rotatable bonds is 3. The summed E-state index contributed by atoms with van der Waals surface area (Å²) in [5.74, 6) is 1.03. The van der Waals surface area contributed by atoms with E-state index in [4.69, 9.17) is 4.74 Å². The van der Waals surface area contributed by atoms with E-state index in [9.17, 15) is 9.90 Å². The Morgan fingerprint density at radius 3 is 2.46 bits per heavy atom. The van der Waals surface area contributed by atoms with E-state index in [1.54, 1.807) is 7.11 Å². The highest BCUT2D eigenvalue weighted by molar-refractivity contribution is 5.88. The van der Waals surface area contributed by atoms with Crippen LogP contribution in [-0.2, 0) is 9.53 Å². The Morgan fingerprint density at radius 2 is 1.88 bits per heavy atom. The van der Waals surface area contributed by atoms with Gasteiger partial charge >= 0.3 is 0 Å². The number of ketones is 1. The van der Waals surface area contributed by atoms with Crippen LogP contribution in [0.1, 0.15) is 73.1 Å². The summed E-state index contributed by atoms with van der Waals surface area (Å²) in [5, 5.41) is 11.5. The number of aliphatic hydroxyl groups is 1. The molecule has 3 saturated carbocycles. The van der Waals surface area contributed by atoms with Crippen molar-refractivity contribution in [2.45, 2.75) is 85.4 Å². The molecule has 0 saturated heterocycles. The van der Waals surface area contributed by atoms with Gasteiger partial charge < -0.3 is 9.84 Å². The van der Waals surface area contributed by atoms with Gasteiger partial charge in [0.05, 0.1) is 12.2 Å². The van der Waals surface area contributed by atoms with Gasteiger partial charge in [0.15, 0.2) is 0 Å². The molecule has 0 amide bonds. The van der Waals surface area contributed by atoms with Crippen molar-refractivity contribution in [2.24, 2.45) is 34.0 Å². The molecule has 148 valence electrons. The number of allylic oxidation sites excluding steroid dienone is 1. The molecule has 3 fully saturated rings. The molecule has 0 aromatic carbocycles. The third-order valence-corrected chi connectivity index (χ3v) is 8.87. The Bertz CT molecular complexity index is 598. The molecule has 1 N–H and O–H groups in total. The van der Waals surface area contributed by atoms with Crippen LogP contribution >= 0.6 is 0 Å². The number of methoxy groups -OCH3 is 1. The Kier molecular flexibility index (Phi) is 4.98. The van der Waals surface area contributed by atoms with Gasteiger partial charge in [-0.3, -0.25) is 4.79 Å². The van der Waals surface area contributed by atoms with Gasteiger partial charge in [-0.05, 0) is 62.7 Å². The molecule has 8 atom stereocenters. The first-order valence-corrected chi connectivity index (χ1v) is 10.4. The molecule has 2 unspecified atom stereocenters. The van der Waals surface area contributed by atoms with Gasteiger partial charge in [0, 0.05) is 23.9 Å². The number of hydrogen-bond acceptors (Lipinski definition) is 3. The molecule has 0 aromatic heterocycles. The average Bonchev–Trinajstić information content (AvgIpc) is 2.96. The van der Waals surface area contributed by atoms with E-state index in [1.807, 2.05) is 6.92 Å². The Hall–Kier alpha value is -0.670. The summed E-state index contributed by atoms with van der Waals surface area (Å²) >= 11 is 0. The standard InChI is InChI=1S/C23H38O3/c1-14(2)12-21(5)13-18(24)22(6)15(3)8-10-23(16(4)20(21)25)11-9-17(26-7)19(22)23/h15-19,24H,1,8-13H2,2-7H3/t15-,16+,17-,18-,19?,21-,22+,23?/m1/s1. The lowest BCUT2D eigenvalue weighted by atomic mass is 9.43. The van der Waals surface area contributed by atoms with Crippen LogP contribution in [0.2, 0.25) is 0 Å². The second-order valence-electron chi connectivity index (χ2n) is 10.3. The Balaban J connectivity index is 2.17. The highest BCUT2D eigenvalue weighted by atomic mass is 16.5. The fraction of sp³-hybridized carbons (Fsp3) is 0.870. The highest BCUT2D eigenvalue weighted by Crippen LogP contribution is 2.68. The number of ether oxygens (including phenoxy) is 1. The highest BCUT2D eigenvalue weighted by Gasteiger charge is 2.67. The van der Waals surface area contributed by atoms with Gasteiger partial charge in [0.1, 0.15) is 5.78 Å². The molecule has 0 aromatic rings. The predicted molar refractivity (Wildman–Crippen MR) is 105 cm³/mol. The van der Waals surface area contributed by atoms with E-state index in [1.165, 1.54) is 0 Å². The van der Waals surface area contributed by atoms with Crippen LogP contribution in [0.4, 0.5) is 0 Å². The van der Waals surface area contributed by atoms with Crippen molar-refractivity contribution in [3.05, 3.63) is 12.2 Å². The van der Waals surface area contributed by atoms with E-state index in [-0.39, 0.29) is 28.8 Å². The molecule has 3 aliphatic rings. The third-order valence-electron chi connectivity index (χ3n) is 8.87. The maximum Gasteiger partial charge on any atom is 0.142 e. The third kappa shape index (κ3) is 2.57. The molecule has 3 aliphatic carbocycles. The van der Waals surface area contributed by atoms with Crippen LogP contribution in [0, 0.1) is 34.0 Å². The van der Waals surface area contributed by atoms with Gasteiger partial charge in [-0.1, -0.05) is 33.3 Å². The molecule has 3 rings (SSSR count). The summed E-state index contributed by atoms with van der Waals surface area (Å²) in [5.41, 5.74) is 0.267. The quantitative estimate of drug-likeness (QED) is 0.735. The minimum absolute atomic E-state index is 0.0105. The first kappa shape index (κ1) is 20.1. The minimum atomic E-state index is -0.522. The van der Waals surface area contributed by atoms with E-state index in [0.29, 0.717) is 24.5 Å². The largest absolute Gasteiger partial charge is 0.393 e. The number of carbonyl (C=O) groups excluding carboxylic acids is 1. The average molecular weight is 363 g/mol. The zero-order chi connectivity index (χ0) is 19.5. The second kappa shape index (κ2) is 6.44. The lowest BCUT2D eigenvalue weighted by Gasteiger charge is -2.61. The van der Waals surface area contributed by atoms with Gasteiger partial charge in [0.2, 0.25) is 0 Å². The van der Waals surface area contributed by atoms with Crippen LogP contribution in [0.25, 0.3) is 0 Å². The van der Waals surface area contributed by atoms with E-state index in [0.717, 1.165) is 31.3 Å². The van der Waals surface area contributed by atoms with Gasteiger partial charge in [0.25, 0.3) is 0 Å². The maximum absolute atomic E-state index is 13.7. The summed E-state index contributed by atoms with van der Waals surface area (Å²) in [7, 11) is 1.80. The molecular formula is C23H38O3. The zero-order valence-corrected chi connectivity index (χ0v) is 17.6. The maximum atomic E-state index is 13.7. The van der Waals surface area contributed by atoms with Gasteiger partial charge in [-0.25, -0.2) is 0 Å². The van der Waals surface area contributed by atoms with Crippen LogP contribution < -0.4 is 0 Å². The van der Waals surface area contributed by atoms with Gasteiger partial charge in [-0.2, -0.15) is 0 Å². The first-order valence-electron chi connectivity index (χ1n) is 10.4. The smallest absolute Gasteiger partial charge is 0.142 e. The van der Waals surface area contributed by atoms with Crippen LogP contribution in [-0.4, -0.2) is 30.2 Å². The molecule has 0 spiro atoms. The lowest BCUT2D eigenvalue weighted by molar-refractivity contribution is -0.191. The normalized spacial score (nSPS) is 51.5. The number of Topliss-reactive ketones (excluding diaryl/α,β-unsaturated/α-hetero) is 1. The van der Waals surface area contributed by atoms with Crippen LogP contribution in [0.5, 0.6) is 0 Å². The summed E-state index contributed by atoms with van der Waals surface area (Å²) in [6, 6.07) is 0. The van der Waals surface area contributed by atoms with E-state index < -0.39 is 11.5 Å². The van der Waals surface area contributed by atoms with Crippen molar-refractivity contribution in [2.75, 3.05) is 7.11 Å². The molecule has 26 heavy (non-hydrogen) atoms. The Morgan fingerprint density at radius 1 is 1.27 bits per heavy atom. The second-order valence-corrected chi connectivity index (χ2v) is 10.3. The fourth-order valence-electron chi connectivity index (χ4n) is 7.35. The lowest BCUT2D eigenvalue weighted by Crippen LogP contribution is -2.62. The summed E-state index contributed by atoms with van der Waals surface area (Å²) < 4.78 is 5.93. The molecule has 0 radical (unpaired) electrons. The number of carbonyl (C=O) groups is 1. The summed E-state index contributed by atoms with van der Waals surface area (Å²) in [4.78, 5) is 13.7. The SMILES string of the molecule is C=C(C)C[C@]1(C)C[C@@H](O)[C@@]2(C)C3[C@H](OC)CCC3(CC[C@H]2C)[C@@H](C)C1=O. The van der Waals surface area contributed by atoms with E-state index >= 15 is 0 Å². The zero-order valence-electron chi connectivity index (χ0n) is 17.6. The topological polar surface area (TPSA) is 46.5 Å². The number of hydrogen-bond donors (Lipinski definition) is 1. The summed E-state index contributed by atoms with van der Waals surface area (Å²) in [6.45, 7) is 14.9. The predicted octanol–water partition coefficient (Wildman–Crippen LogP) is 4.78. The fourth-order valence-corrected chi connectivity index (χ4v) is 7.35. The molecule has 3 nitrogen and oxygen atoms in total. The molecular weight excluding hydrogens is 324 g/mol. The van der Waals surface area contributed by atoms with Crippen LogP contribution in [0.3, 0.4) is 0 Å². The van der Waals surface area contributed by atoms with Gasteiger partial charge in [-0.15, -0.1) is 6.58 Å². The van der Waals surface area contributed by atoms with Crippen molar-refractivity contribution >= 4 is 5.78 Å². The van der Waals surface area contributed by atoms with Crippen molar-refractivity contribution < 1.29 is 14.6 Å². The molecule has 0 aliphatic heterocycles. The molecule has 0 heterocycles. The van der Waals surface area contributed by atoms with Crippen LogP contribution in [0.15, 0.2) is 12.2 Å². The van der Waals surface area contributed by atoms with Crippen molar-refractivity contribution in [1.29, 1.82) is 0 Å². The number of aliphatic hydroxyl groups excluding tert-OH is 1. The monoisotopic (exact) mass is 362 g/mol. The van der Waals surface area contributed by atoms with Crippen molar-refractivity contribution in [3.63, 3.8) is 0 Å². The van der Waals surface area contributed by atoms with E-state index in [2.05, 4.69) is 34.3 Å².